The summed E-state index contributed by atoms with van der Waals surface area (Å²) in [6.45, 7) is 2.08. The number of imidazole rings is 1. The Bertz CT molecular complexity index is 408. The summed E-state index contributed by atoms with van der Waals surface area (Å²) in [6, 6.07) is 4.03. The molecule has 4 heteroatoms. The topological polar surface area (TPSA) is 41.8 Å². The molecule has 0 amide bonds. The molecule has 2 aromatic rings. The largest absolute Gasteiger partial charge is 0.465 e. The third kappa shape index (κ3) is 2.50. The van der Waals surface area contributed by atoms with Gasteiger partial charge in [-0.05, 0) is 12.1 Å². The van der Waals surface area contributed by atoms with Crippen LogP contribution in [0.2, 0.25) is 0 Å². The smallest absolute Gasteiger partial charge is 0.118 e. The zero-order valence-corrected chi connectivity index (χ0v) is 10.1. The molecule has 0 saturated carbocycles. The van der Waals surface area contributed by atoms with Crippen molar-refractivity contribution in [2.24, 2.45) is 0 Å². The number of aryl methyl sites for hydroxylation is 1. The van der Waals surface area contributed by atoms with Gasteiger partial charge in [-0.2, -0.15) is 0 Å². The number of aromatic amines is 1. The van der Waals surface area contributed by atoms with Gasteiger partial charge in [-0.15, -0.1) is 0 Å². The molecule has 0 bridgehead atoms. The fourth-order valence-corrected chi connectivity index (χ4v) is 1.99. The Kier molecular flexibility index (Phi) is 3.26. The van der Waals surface area contributed by atoms with Crippen LogP contribution in [0.4, 0.5) is 0 Å². The lowest BCUT2D eigenvalue weighted by Gasteiger charge is -2.03. The van der Waals surface area contributed by atoms with E-state index in [9.17, 15) is 0 Å². The maximum atomic E-state index is 5.65. The predicted octanol–water partition coefficient (Wildman–Crippen LogP) is 3.24. The first kappa shape index (κ1) is 10.5. The third-order valence-electron chi connectivity index (χ3n) is 2.27. The van der Waals surface area contributed by atoms with Crippen LogP contribution >= 0.6 is 15.9 Å². The number of nitrogens with zero attached hydrogens (tertiary/aromatic N) is 1. The SMILES string of the molecule is CCc1ccc(C(Br)Cc2ncc[nH]2)o1. The Balaban J connectivity index is 2.04. The van der Waals surface area contributed by atoms with Crippen molar-refractivity contribution in [3.63, 3.8) is 0 Å². The highest BCUT2D eigenvalue weighted by molar-refractivity contribution is 9.09. The minimum atomic E-state index is 0.184. The van der Waals surface area contributed by atoms with Crippen LogP contribution in [0.5, 0.6) is 0 Å². The minimum absolute atomic E-state index is 0.184. The Hall–Kier alpha value is -1.03. The van der Waals surface area contributed by atoms with Crippen molar-refractivity contribution in [1.29, 1.82) is 0 Å². The second-order valence-electron chi connectivity index (χ2n) is 3.37. The number of hydrogen-bond acceptors (Lipinski definition) is 2. The summed E-state index contributed by atoms with van der Waals surface area (Å²) in [5, 5.41) is 0. The highest BCUT2D eigenvalue weighted by Crippen LogP contribution is 2.27. The molecule has 1 atom stereocenters. The van der Waals surface area contributed by atoms with Crippen LogP contribution in [-0.4, -0.2) is 9.97 Å². The van der Waals surface area contributed by atoms with Crippen molar-refractivity contribution in [3.05, 3.63) is 41.9 Å². The third-order valence-corrected chi connectivity index (χ3v) is 3.04. The van der Waals surface area contributed by atoms with Crippen molar-refractivity contribution in [2.45, 2.75) is 24.6 Å². The monoisotopic (exact) mass is 268 g/mol. The average molecular weight is 269 g/mol. The van der Waals surface area contributed by atoms with Crippen molar-refractivity contribution < 1.29 is 4.42 Å². The lowest BCUT2D eigenvalue weighted by molar-refractivity contribution is 0.466. The lowest BCUT2D eigenvalue weighted by atomic mass is 10.2. The molecule has 1 unspecified atom stereocenters. The molecule has 0 fully saturated rings. The van der Waals surface area contributed by atoms with Crippen LogP contribution < -0.4 is 0 Å². The predicted molar refractivity (Wildman–Crippen MR) is 62.0 cm³/mol. The highest BCUT2D eigenvalue weighted by Gasteiger charge is 2.13. The first-order valence-corrected chi connectivity index (χ1v) is 5.92. The number of halogens is 1. The van der Waals surface area contributed by atoms with Crippen LogP contribution in [-0.2, 0) is 12.8 Å². The summed E-state index contributed by atoms with van der Waals surface area (Å²) in [5.41, 5.74) is 0. The van der Waals surface area contributed by atoms with E-state index in [1.165, 1.54) is 0 Å². The van der Waals surface area contributed by atoms with E-state index < -0.39 is 0 Å². The number of H-pyrrole nitrogens is 1. The summed E-state index contributed by atoms with van der Waals surface area (Å²) in [7, 11) is 0. The number of aromatic nitrogens is 2. The van der Waals surface area contributed by atoms with E-state index in [2.05, 4.69) is 32.8 Å². The molecule has 0 saturated heterocycles. The molecule has 80 valence electrons. The molecule has 15 heavy (non-hydrogen) atoms. The van der Waals surface area contributed by atoms with Gasteiger partial charge in [0.15, 0.2) is 0 Å². The van der Waals surface area contributed by atoms with Gasteiger partial charge in [0.2, 0.25) is 0 Å². The van der Waals surface area contributed by atoms with Crippen molar-refractivity contribution in [1.82, 2.24) is 9.97 Å². The molecule has 0 spiro atoms. The quantitative estimate of drug-likeness (QED) is 0.866. The van der Waals surface area contributed by atoms with E-state index in [1.807, 2.05) is 18.3 Å². The molecule has 0 radical (unpaired) electrons. The fraction of sp³-hybridized carbons (Fsp3) is 0.364. The molecule has 2 aromatic heterocycles. The number of furan rings is 1. The van der Waals surface area contributed by atoms with Gasteiger partial charge in [-0.25, -0.2) is 4.98 Å². The van der Waals surface area contributed by atoms with Gasteiger partial charge in [0.05, 0.1) is 4.83 Å². The first-order chi connectivity index (χ1) is 7.29. The summed E-state index contributed by atoms with van der Waals surface area (Å²) < 4.78 is 5.65. The van der Waals surface area contributed by atoms with Gasteiger partial charge in [-0.3, -0.25) is 0 Å². The van der Waals surface area contributed by atoms with Crippen LogP contribution in [0.25, 0.3) is 0 Å². The van der Waals surface area contributed by atoms with Gasteiger partial charge in [0, 0.05) is 25.2 Å². The summed E-state index contributed by atoms with van der Waals surface area (Å²) in [5.74, 6) is 2.95. The first-order valence-electron chi connectivity index (χ1n) is 5.00. The Morgan fingerprint density at radius 2 is 2.40 bits per heavy atom. The van der Waals surface area contributed by atoms with Crippen molar-refractivity contribution >= 4 is 15.9 Å². The standard InChI is InChI=1S/C11H13BrN2O/c1-2-8-3-4-10(15-8)9(12)7-11-13-5-6-14-11/h3-6,9H,2,7H2,1H3,(H,13,14). The second kappa shape index (κ2) is 4.66. The molecule has 0 aliphatic heterocycles. The summed E-state index contributed by atoms with van der Waals surface area (Å²) >= 11 is 3.60. The Morgan fingerprint density at radius 1 is 1.53 bits per heavy atom. The van der Waals surface area contributed by atoms with E-state index in [0.717, 1.165) is 30.2 Å². The van der Waals surface area contributed by atoms with E-state index in [-0.39, 0.29) is 4.83 Å². The fourth-order valence-electron chi connectivity index (χ4n) is 1.43. The lowest BCUT2D eigenvalue weighted by Crippen LogP contribution is -1.95. The molecule has 2 rings (SSSR count). The van der Waals surface area contributed by atoms with Gasteiger partial charge in [0.1, 0.15) is 17.3 Å². The molecule has 3 nitrogen and oxygen atoms in total. The number of hydrogen-bond donors (Lipinski definition) is 1. The van der Waals surface area contributed by atoms with E-state index in [4.69, 9.17) is 4.42 Å². The molecule has 0 aliphatic carbocycles. The zero-order chi connectivity index (χ0) is 10.7. The van der Waals surface area contributed by atoms with Crippen molar-refractivity contribution in [3.8, 4) is 0 Å². The molecular weight excluding hydrogens is 256 g/mol. The molecular formula is C11H13BrN2O. The van der Waals surface area contributed by atoms with E-state index >= 15 is 0 Å². The summed E-state index contributed by atoms with van der Waals surface area (Å²) in [6.07, 6.45) is 5.33. The maximum Gasteiger partial charge on any atom is 0.118 e. The van der Waals surface area contributed by atoms with Gasteiger partial charge < -0.3 is 9.40 Å². The number of rotatable bonds is 4. The Morgan fingerprint density at radius 3 is 3.00 bits per heavy atom. The maximum absolute atomic E-state index is 5.65. The molecule has 0 aromatic carbocycles. The van der Waals surface area contributed by atoms with Gasteiger partial charge in [0.25, 0.3) is 0 Å². The van der Waals surface area contributed by atoms with E-state index in [1.54, 1.807) is 6.20 Å². The van der Waals surface area contributed by atoms with Gasteiger partial charge in [-0.1, -0.05) is 22.9 Å². The normalized spacial score (nSPS) is 12.9. The molecule has 0 aliphatic rings. The van der Waals surface area contributed by atoms with Crippen LogP contribution in [0, 0.1) is 0 Å². The van der Waals surface area contributed by atoms with Crippen LogP contribution in [0.1, 0.15) is 29.1 Å². The highest BCUT2D eigenvalue weighted by atomic mass is 79.9. The molecule has 1 N–H and O–H groups in total. The second-order valence-corrected chi connectivity index (χ2v) is 4.47. The molecule has 2 heterocycles. The Labute approximate surface area is 97.0 Å². The van der Waals surface area contributed by atoms with Gasteiger partial charge >= 0.3 is 0 Å². The number of nitrogens with one attached hydrogen (secondary N) is 1. The van der Waals surface area contributed by atoms with Crippen LogP contribution in [0.3, 0.4) is 0 Å². The minimum Gasteiger partial charge on any atom is -0.465 e. The van der Waals surface area contributed by atoms with Crippen LogP contribution in [0.15, 0.2) is 28.9 Å². The number of alkyl halides is 1. The van der Waals surface area contributed by atoms with E-state index in [0.29, 0.717) is 0 Å². The average Bonchev–Trinajstić information content (AvgIpc) is 2.86. The summed E-state index contributed by atoms with van der Waals surface area (Å²) in [4.78, 5) is 7.44. The zero-order valence-electron chi connectivity index (χ0n) is 8.53. The van der Waals surface area contributed by atoms with Crippen molar-refractivity contribution in [2.75, 3.05) is 0 Å².